The minimum absolute atomic E-state index is 0.0365. The van der Waals surface area contributed by atoms with Crippen LogP contribution in [0.25, 0.3) is 0 Å². The third kappa shape index (κ3) is 5.87. The van der Waals surface area contributed by atoms with Crippen LogP contribution in [0.2, 0.25) is 0 Å². The number of nitrogens with one attached hydrogen (secondary N) is 2. The zero-order chi connectivity index (χ0) is 21.4. The average molecular weight is 420 g/mol. The number of methoxy groups -OCH3 is 1. The Labute approximate surface area is 173 Å². The molecule has 0 saturated carbocycles. The number of carbonyl (C=O) groups excluding carboxylic acids is 1. The van der Waals surface area contributed by atoms with E-state index in [0.29, 0.717) is 17.9 Å². The number of anilines is 1. The number of amides is 2. The van der Waals surface area contributed by atoms with Crippen LogP contribution in [-0.2, 0) is 9.84 Å². The summed E-state index contributed by atoms with van der Waals surface area (Å²) in [5.74, 6) is 0.577. The number of carbonyl (C=O) groups is 1. The summed E-state index contributed by atoms with van der Waals surface area (Å²) in [6.07, 6.45) is 0.799. The molecular weight excluding hydrogens is 390 g/mol. The topological polar surface area (TPSA) is 87.7 Å². The normalized spacial score (nSPS) is 12.1. The lowest BCUT2D eigenvalue weighted by Crippen LogP contribution is -2.39. The van der Waals surface area contributed by atoms with E-state index >= 15 is 0 Å². The number of nitrogens with zero attached hydrogens (tertiary/aromatic N) is 1. The molecule has 7 nitrogen and oxygen atoms in total. The number of urea groups is 1. The fourth-order valence-electron chi connectivity index (χ4n) is 2.81. The lowest BCUT2D eigenvalue weighted by atomic mass is 10.1. The summed E-state index contributed by atoms with van der Waals surface area (Å²) in [5, 5.41) is 4.47. The molecule has 0 unspecified atom stereocenters. The first kappa shape index (κ1) is 22.5. The van der Waals surface area contributed by atoms with Crippen LogP contribution in [0.5, 0.6) is 5.75 Å². The molecule has 29 heavy (non-hydrogen) atoms. The maximum Gasteiger partial charge on any atom is 0.314 e. The Morgan fingerprint density at radius 3 is 2.17 bits per heavy atom. The summed E-state index contributed by atoms with van der Waals surface area (Å²) < 4.78 is 31.8. The van der Waals surface area contributed by atoms with E-state index in [2.05, 4.69) is 10.6 Å². The molecule has 2 N–H and O–H groups in total. The number of hydrogen-bond acceptors (Lipinski definition) is 5. The van der Waals surface area contributed by atoms with Crippen LogP contribution in [0.15, 0.2) is 53.4 Å². The Kier molecular flexibility index (Phi) is 7.90. The highest BCUT2D eigenvalue weighted by Gasteiger charge is 2.29. The molecule has 0 aromatic heterocycles. The second kappa shape index (κ2) is 10.2. The van der Waals surface area contributed by atoms with Crippen LogP contribution >= 0.6 is 0 Å². The molecule has 0 aliphatic carbocycles. The molecule has 2 aromatic carbocycles. The largest absolute Gasteiger partial charge is 0.497 e. The van der Waals surface area contributed by atoms with Gasteiger partial charge in [-0.2, -0.15) is 0 Å². The monoisotopic (exact) mass is 419 g/mol. The molecule has 0 bridgehead atoms. The van der Waals surface area contributed by atoms with Crippen LogP contribution < -0.4 is 20.3 Å². The summed E-state index contributed by atoms with van der Waals surface area (Å²) in [4.78, 5) is 14.1. The first-order chi connectivity index (χ1) is 13.8. The minimum Gasteiger partial charge on any atom is -0.497 e. The number of hydrogen-bond donors (Lipinski definition) is 2. The number of ether oxygens (including phenoxy) is 1. The maximum atomic E-state index is 13.4. The van der Waals surface area contributed by atoms with E-state index in [0.717, 1.165) is 12.1 Å². The Hall–Kier alpha value is -2.74. The van der Waals surface area contributed by atoms with Gasteiger partial charge in [0.1, 0.15) is 11.0 Å². The van der Waals surface area contributed by atoms with Crippen LogP contribution in [0.3, 0.4) is 0 Å². The van der Waals surface area contributed by atoms with E-state index < -0.39 is 15.1 Å². The molecule has 0 radical (unpaired) electrons. The third-order valence-corrected chi connectivity index (χ3v) is 6.64. The molecule has 1 atom stereocenters. The molecule has 0 heterocycles. The molecule has 2 aromatic rings. The minimum atomic E-state index is -3.74. The molecule has 0 spiro atoms. The second-order valence-electron chi connectivity index (χ2n) is 6.83. The third-order valence-electron chi connectivity index (χ3n) is 4.53. The van der Waals surface area contributed by atoms with E-state index in [1.54, 1.807) is 24.3 Å². The Morgan fingerprint density at radius 2 is 1.66 bits per heavy atom. The second-order valence-corrected chi connectivity index (χ2v) is 8.96. The van der Waals surface area contributed by atoms with Crippen molar-refractivity contribution in [2.75, 3.05) is 39.2 Å². The van der Waals surface area contributed by atoms with Gasteiger partial charge in [-0.1, -0.05) is 19.1 Å². The highest BCUT2D eigenvalue weighted by molar-refractivity contribution is 7.91. The molecule has 0 saturated heterocycles. The van der Waals surface area contributed by atoms with Crippen molar-refractivity contribution in [1.82, 2.24) is 10.6 Å². The maximum absolute atomic E-state index is 13.4. The van der Waals surface area contributed by atoms with Gasteiger partial charge in [0.2, 0.25) is 0 Å². The van der Waals surface area contributed by atoms with Crippen molar-refractivity contribution in [3.8, 4) is 5.75 Å². The molecule has 8 heteroatoms. The first-order valence-electron chi connectivity index (χ1n) is 9.46. The molecule has 0 aliphatic heterocycles. The van der Waals surface area contributed by atoms with Gasteiger partial charge in [-0.3, -0.25) is 0 Å². The van der Waals surface area contributed by atoms with Gasteiger partial charge in [-0.05, 0) is 48.4 Å². The van der Waals surface area contributed by atoms with Crippen molar-refractivity contribution < 1.29 is 17.9 Å². The number of benzene rings is 2. The van der Waals surface area contributed by atoms with Crippen LogP contribution in [0.1, 0.15) is 24.2 Å². The molecule has 0 aliphatic rings. The van der Waals surface area contributed by atoms with Crippen molar-refractivity contribution in [2.24, 2.45) is 0 Å². The predicted octanol–water partition coefficient (Wildman–Crippen LogP) is 2.99. The lowest BCUT2D eigenvalue weighted by molar-refractivity contribution is 0.241. The molecule has 2 amide bonds. The molecular formula is C21H29N3O4S. The van der Waals surface area contributed by atoms with Gasteiger partial charge in [0.15, 0.2) is 9.84 Å². The van der Waals surface area contributed by atoms with Crippen molar-refractivity contribution in [3.05, 3.63) is 54.1 Å². The number of sulfone groups is 1. The highest BCUT2D eigenvalue weighted by Crippen LogP contribution is 2.30. The molecule has 2 rings (SSSR count). The fourth-order valence-corrected chi connectivity index (χ4v) is 4.47. The van der Waals surface area contributed by atoms with Gasteiger partial charge in [0.25, 0.3) is 0 Å². The van der Waals surface area contributed by atoms with E-state index in [4.69, 9.17) is 4.74 Å². The molecule has 0 fully saturated rings. The fraction of sp³-hybridized carbons (Fsp3) is 0.381. The van der Waals surface area contributed by atoms with Crippen molar-refractivity contribution in [3.63, 3.8) is 0 Å². The SMILES string of the molecule is CCCNC(=O)NC[C@H](c1ccc(N(C)C)cc1)S(=O)(=O)c1ccc(OC)cc1. The summed E-state index contributed by atoms with van der Waals surface area (Å²) in [6.45, 7) is 2.44. The zero-order valence-electron chi connectivity index (χ0n) is 17.3. The summed E-state index contributed by atoms with van der Waals surface area (Å²) in [6, 6.07) is 13.2. The Morgan fingerprint density at radius 1 is 1.03 bits per heavy atom. The highest BCUT2D eigenvalue weighted by atomic mass is 32.2. The quantitative estimate of drug-likeness (QED) is 0.652. The predicted molar refractivity (Wildman–Crippen MR) is 115 cm³/mol. The summed E-state index contributed by atoms with van der Waals surface area (Å²) >= 11 is 0. The van der Waals surface area contributed by atoms with Crippen LogP contribution in [0, 0.1) is 0 Å². The average Bonchev–Trinajstić information content (AvgIpc) is 2.72. The van der Waals surface area contributed by atoms with Crippen molar-refractivity contribution >= 4 is 21.6 Å². The first-order valence-corrected chi connectivity index (χ1v) is 11.0. The number of rotatable bonds is 9. The summed E-state index contributed by atoms with van der Waals surface area (Å²) in [5.41, 5.74) is 1.57. The zero-order valence-corrected chi connectivity index (χ0v) is 18.1. The van der Waals surface area contributed by atoms with Gasteiger partial charge in [0.05, 0.1) is 12.0 Å². The Balaban J connectivity index is 2.35. The lowest BCUT2D eigenvalue weighted by Gasteiger charge is -2.20. The van der Waals surface area contributed by atoms with E-state index in [1.165, 1.54) is 19.2 Å². The van der Waals surface area contributed by atoms with Gasteiger partial charge >= 0.3 is 6.03 Å². The summed E-state index contributed by atoms with van der Waals surface area (Å²) in [7, 11) is 1.62. The van der Waals surface area contributed by atoms with Crippen molar-refractivity contribution in [2.45, 2.75) is 23.5 Å². The van der Waals surface area contributed by atoms with E-state index in [9.17, 15) is 13.2 Å². The standard InChI is InChI=1S/C21H29N3O4S/c1-5-14-22-21(25)23-15-20(16-6-8-17(9-7-16)24(2)3)29(26,27)19-12-10-18(28-4)11-13-19/h6-13,20H,5,14-15H2,1-4H3,(H2,22,23,25)/t20-/m1/s1. The van der Waals surface area contributed by atoms with E-state index in [1.807, 2.05) is 38.1 Å². The van der Waals surface area contributed by atoms with Gasteiger partial charge in [-0.15, -0.1) is 0 Å². The smallest absolute Gasteiger partial charge is 0.314 e. The van der Waals surface area contributed by atoms with Gasteiger partial charge in [0, 0.05) is 32.9 Å². The molecule has 158 valence electrons. The van der Waals surface area contributed by atoms with Crippen LogP contribution in [-0.4, -0.2) is 48.7 Å². The van der Waals surface area contributed by atoms with Crippen molar-refractivity contribution in [1.29, 1.82) is 0 Å². The van der Waals surface area contributed by atoms with E-state index in [-0.39, 0.29) is 17.5 Å². The van der Waals surface area contributed by atoms with Gasteiger partial charge in [-0.25, -0.2) is 13.2 Å². The van der Waals surface area contributed by atoms with Crippen LogP contribution in [0.4, 0.5) is 10.5 Å². The van der Waals surface area contributed by atoms with Gasteiger partial charge < -0.3 is 20.3 Å². The Bertz CT molecular complexity index is 895.